The lowest BCUT2D eigenvalue weighted by Crippen LogP contribution is -1.96. The van der Waals surface area contributed by atoms with Crippen LogP contribution < -0.4 is 15.2 Å². The average Bonchev–Trinajstić information content (AvgIpc) is 2.41. The lowest BCUT2D eigenvalue weighted by atomic mass is 9.98. The summed E-state index contributed by atoms with van der Waals surface area (Å²) < 4.78 is 10.6. The quantitative estimate of drug-likeness (QED) is 0.865. The second-order valence-electron chi connectivity index (χ2n) is 4.18. The molecule has 0 heterocycles. The van der Waals surface area contributed by atoms with E-state index in [-0.39, 0.29) is 0 Å². The Balaban J connectivity index is 2.69. The van der Waals surface area contributed by atoms with Crippen LogP contribution in [0.2, 0.25) is 5.02 Å². The zero-order chi connectivity index (χ0) is 14.0. The summed E-state index contributed by atoms with van der Waals surface area (Å²) in [5, 5.41) is 0.462. The second-order valence-corrected chi connectivity index (χ2v) is 4.56. The number of methoxy groups -OCH3 is 2. The Hall–Kier alpha value is -1.87. The monoisotopic (exact) mass is 277 g/mol. The van der Waals surface area contributed by atoms with Crippen molar-refractivity contribution in [1.82, 2.24) is 0 Å². The maximum absolute atomic E-state index is 6.27. The summed E-state index contributed by atoms with van der Waals surface area (Å²) in [7, 11) is 3.16. The first-order valence-electron chi connectivity index (χ1n) is 5.86. The third kappa shape index (κ3) is 2.34. The van der Waals surface area contributed by atoms with Gasteiger partial charge in [-0.3, -0.25) is 0 Å². The zero-order valence-corrected chi connectivity index (χ0v) is 11.9. The second kappa shape index (κ2) is 5.41. The molecule has 2 aromatic rings. The maximum atomic E-state index is 6.27. The van der Waals surface area contributed by atoms with Crippen molar-refractivity contribution in [3.63, 3.8) is 0 Å². The lowest BCUT2D eigenvalue weighted by Gasteiger charge is -2.15. The highest BCUT2D eigenvalue weighted by Gasteiger charge is 2.16. The van der Waals surface area contributed by atoms with E-state index in [0.717, 1.165) is 22.4 Å². The molecule has 0 saturated heterocycles. The minimum Gasteiger partial charge on any atom is -0.495 e. The topological polar surface area (TPSA) is 44.5 Å². The standard InChI is InChI=1S/C15H16ClNO2/c1-9-10(5-4-6-12(9)17)11-7-8-13(18-2)14(16)15(11)19-3/h4-8H,17H2,1-3H3. The van der Waals surface area contributed by atoms with Crippen LogP contribution in [-0.2, 0) is 0 Å². The lowest BCUT2D eigenvalue weighted by molar-refractivity contribution is 0.396. The summed E-state index contributed by atoms with van der Waals surface area (Å²) in [5.41, 5.74) is 9.59. The van der Waals surface area contributed by atoms with Crippen molar-refractivity contribution >= 4 is 17.3 Å². The largest absolute Gasteiger partial charge is 0.495 e. The van der Waals surface area contributed by atoms with Gasteiger partial charge in [0.25, 0.3) is 0 Å². The summed E-state index contributed by atoms with van der Waals surface area (Å²) >= 11 is 6.27. The first-order chi connectivity index (χ1) is 9.10. The molecule has 0 atom stereocenters. The van der Waals surface area contributed by atoms with Crippen LogP contribution in [0.15, 0.2) is 30.3 Å². The van der Waals surface area contributed by atoms with E-state index in [1.165, 1.54) is 0 Å². The molecule has 0 bridgehead atoms. The first-order valence-corrected chi connectivity index (χ1v) is 6.24. The summed E-state index contributed by atoms with van der Waals surface area (Å²) in [6.07, 6.45) is 0. The smallest absolute Gasteiger partial charge is 0.149 e. The maximum Gasteiger partial charge on any atom is 0.149 e. The third-order valence-electron chi connectivity index (χ3n) is 3.15. The summed E-state index contributed by atoms with van der Waals surface area (Å²) in [5.74, 6) is 1.18. The number of benzene rings is 2. The summed E-state index contributed by atoms with van der Waals surface area (Å²) in [6, 6.07) is 9.52. The van der Waals surface area contributed by atoms with Crippen molar-refractivity contribution in [3.05, 3.63) is 40.9 Å². The molecule has 2 rings (SSSR count). The molecule has 0 amide bonds. The Bertz CT molecular complexity index is 611. The van der Waals surface area contributed by atoms with E-state index in [1.807, 2.05) is 37.3 Å². The minimum absolute atomic E-state index is 0.462. The predicted octanol–water partition coefficient (Wildman–Crippen LogP) is 3.91. The van der Waals surface area contributed by atoms with Gasteiger partial charge in [0.2, 0.25) is 0 Å². The number of hydrogen-bond acceptors (Lipinski definition) is 3. The highest BCUT2D eigenvalue weighted by molar-refractivity contribution is 6.34. The average molecular weight is 278 g/mol. The van der Waals surface area contributed by atoms with E-state index < -0.39 is 0 Å². The van der Waals surface area contributed by atoms with Crippen molar-refractivity contribution in [2.24, 2.45) is 0 Å². The molecule has 0 aliphatic rings. The van der Waals surface area contributed by atoms with Crippen LogP contribution >= 0.6 is 11.6 Å². The molecule has 0 fully saturated rings. The Labute approximate surface area is 117 Å². The number of nitrogen functional groups attached to an aromatic ring is 1. The zero-order valence-electron chi connectivity index (χ0n) is 11.2. The number of hydrogen-bond donors (Lipinski definition) is 1. The van der Waals surface area contributed by atoms with E-state index in [4.69, 9.17) is 26.8 Å². The first kappa shape index (κ1) is 13.6. The van der Waals surface area contributed by atoms with Crippen LogP contribution in [-0.4, -0.2) is 14.2 Å². The number of ether oxygens (including phenoxy) is 2. The molecule has 0 unspecified atom stereocenters. The summed E-state index contributed by atoms with van der Waals surface area (Å²) in [4.78, 5) is 0. The van der Waals surface area contributed by atoms with Crippen LogP contribution in [0.5, 0.6) is 11.5 Å². The molecule has 19 heavy (non-hydrogen) atoms. The molecule has 2 N–H and O–H groups in total. The van der Waals surface area contributed by atoms with Gasteiger partial charge < -0.3 is 15.2 Å². The normalized spacial score (nSPS) is 10.3. The Morgan fingerprint density at radius 2 is 1.74 bits per heavy atom. The molecular weight excluding hydrogens is 262 g/mol. The van der Waals surface area contributed by atoms with Gasteiger partial charge in [-0.2, -0.15) is 0 Å². The van der Waals surface area contributed by atoms with Gasteiger partial charge in [0, 0.05) is 11.3 Å². The molecule has 4 heteroatoms. The van der Waals surface area contributed by atoms with Gasteiger partial charge in [0.05, 0.1) is 14.2 Å². The van der Waals surface area contributed by atoms with Crippen molar-refractivity contribution in [2.45, 2.75) is 6.92 Å². The Kier molecular flexibility index (Phi) is 3.86. The molecule has 0 saturated carbocycles. The van der Waals surface area contributed by atoms with Gasteiger partial charge in [-0.05, 0) is 36.2 Å². The third-order valence-corrected chi connectivity index (χ3v) is 3.51. The SMILES string of the molecule is COc1ccc(-c2cccc(N)c2C)c(OC)c1Cl. The molecular formula is C15H16ClNO2. The molecule has 3 nitrogen and oxygen atoms in total. The molecule has 0 aliphatic heterocycles. The van der Waals surface area contributed by atoms with Gasteiger partial charge in [0.15, 0.2) is 0 Å². The van der Waals surface area contributed by atoms with Gasteiger partial charge in [-0.1, -0.05) is 23.7 Å². The highest BCUT2D eigenvalue weighted by atomic mass is 35.5. The molecule has 100 valence electrons. The van der Waals surface area contributed by atoms with Crippen LogP contribution in [0, 0.1) is 6.92 Å². The number of rotatable bonds is 3. The van der Waals surface area contributed by atoms with Crippen molar-refractivity contribution in [3.8, 4) is 22.6 Å². The van der Waals surface area contributed by atoms with Crippen LogP contribution in [0.4, 0.5) is 5.69 Å². The van der Waals surface area contributed by atoms with E-state index in [9.17, 15) is 0 Å². The summed E-state index contributed by atoms with van der Waals surface area (Å²) in [6.45, 7) is 1.97. The molecule has 0 spiro atoms. The van der Waals surface area contributed by atoms with E-state index in [2.05, 4.69) is 0 Å². The fraction of sp³-hybridized carbons (Fsp3) is 0.200. The highest BCUT2D eigenvalue weighted by Crippen LogP contribution is 2.43. The van der Waals surface area contributed by atoms with Crippen LogP contribution in [0.25, 0.3) is 11.1 Å². The van der Waals surface area contributed by atoms with Gasteiger partial charge in [-0.15, -0.1) is 0 Å². The Morgan fingerprint density at radius 3 is 2.37 bits per heavy atom. The fourth-order valence-electron chi connectivity index (χ4n) is 2.05. The molecule has 0 radical (unpaired) electrons. The van der Waals surface area contributed by atoms with Crippen molar-refractivity contribution in [2.75, 3.05) is 20.0 Å². The number of nitrogens with two attached hydrogens (primary N) is 1. The van der Waals surface area contributed by atoms with Gasteiger partial charge in [0.1, 0.15) is 16.5 Å². The van der Waals surface area contributed by atoms with Crippen LogP contribution in [0.1, 0.15) is 5.56 Å². The predicted molar refractivity (Wildman–Crippen MR) is 79.1 cm³/mol. The molecule has 0 aliphatic carbocycles. The molecule has 0 aromatic heterocycles. The fourth-order valence-corrected chi connectivity index (χ4v) is 2.37. The van der Waals surface area contributed by atoms with Crippen molar-refractivity contribution in [1.29, 1.82) is 0 Å². The van der Waals surface area contributed by atoms with Crippen molar-refractivity contribution < 1.29 is 9.47 Å². The number of anilines is 1. The van der Waals surface area contributed by atoms with Gasteiger partial charge in [-0.25, -0.2) is 0 Å². The number of halogens is 1. The Morgan fingerprint density at radius 1 is 1.00 bits per heavy atom. The van der Waals surface area contributed by atoms with Crippen LogP contribution in [0.3, 0.4) is 0 Å². The minimum atomic E-state index is 0.462. The van der Waals surface area contributed by atoms with E-state index >= 15 is 0 Å². The van der Waals surface area contributed by atoms with E-state index in [0.29, 0.717) is 16.5 Å². The molecule has 2 aromatic carbocycles. The van der Waals surface area contributed by atoms with E-state index in [1.54, 1.807) is 14.2 Å². The van der Waals surface area contributed by atoms with Gasteiger partial charge >= 0.3 is 0 Å².